The van der Waals surface area contributed by atoms with E-state index in [-0.39, 0.29) is 0 Å². The van der Waals surface area contributed by atoms with Crippen LogP contribution in [0.25, 0.3) is 0 Å². The van der Waals surface area contributed by atoms with Crippen molar-refractivity contribution in [3.63, 3.8) is 0 Å². The molecule has 0 unspecified atom stereocenters. The van der Waals surface area contributed by atoms with Gasteiger partial charge in [0.05, 0.1) is 0 Å². The zero-order valence-corrected chi connectivity index (χ0v) is 19.0. The Kier molecular flexibility index (Phi) is 5.42. The smallest absolute Gasteiger partial charge is 0.0366 e. The standard InChI is InChI=1S/C29H38N2/c1-2-24(1)18-30(19-25-3-4-25)28-13-9-22(10-14-28)17-23-11-15-29(16-12-23)31(20-26-5-6-26)21-27-7-8-27/h9-16,24-27H,1-8,17-21H2. The molecule has 0 atom stereocenters. The summed E-state index contributed by atoms with van der Waals surface area (Å²) in [5.74, 6) is 3.82. The van der Waals surface area contributed by atoms with Crippen molar-refractivity contribution in [3.05, 3.63) is 59.7 Å². The molecule has 4 aliphatic carbocycles. The molecular weight excluding hydrogens is 376 g/mol. The maximum absolute atomic E-state index is 2.67. The fourth-order valence-corrected chi connectivity index (χ4v) is 4.90. The summed E-state index contributed by atoms with van der Waals surface area (Å²) in [6, 6.07) is 19.0. The molecule has 0 aromatic heterocycles. The molecule has 31 heavy (non-hydrogen) atoms. The molecule has 2 heteroatoms. The van der Waals surface area contributed by atoms with E-state index in [2.05, 4.69) is 58.3 Å². The van der Waals surface area contributed by atoms with Crippen LogP contribution in [0.15, 0.2) is 48.5 Å². The zero-order chi connectivity index (χ0) is 20.6. The van der Waals surface area contributed by atoms with Crippen LogP contribution in [-0.2, 0) is 6.42 Å². The van der Waals surface area contributed by atoms with Crippen molar-refractivity contribution < 1.29 is 0 Å². The van der Waals surface area contributed by atoms with Crippen LogP contribution in [0, 0.1) is 23.7 Å². The second-order valence-corrected chi connectivity index (χ2v) is 11.1. The molecule has 2 nitrogen and oxygen atoms in total. The van der Waals surface area contributed by atoms with Gasteiger partial charge in [0.1, 0.15) is 0 Å². The third-order valence-electron chi connectivity index (χ3n) is 7.71. The van der Waals surface area contributed by atoms with Gasteiger partial charge < -0.3 is 9.80 Å². The highest BCUT2D eigenvalue weighted by Crippen LogP contribution is 2.37. The predicted molar refractivity (Wildman–Crippen MR) is 131 cm³/mol. The molecule has 0 radical (unpaired) electrons. The maximum Gasteiger partial charge on any atom is 0.0366 e. The Morgan fingerprint density at radius 1 is 0.452 bits per heavy atom. The lowest BCUT2D eigenvalue weighted by Crippen LogP contribution is -2.28. The van der Waals surface area contributed by atoms with E-state index >= 15 is 0 Å². The van der Waals surface area contributed by atoms with Gasteiger partial charge in [0.2, 0.25) is 0 Å². The zero-order valence-electron chi connectivity index (χ0n) is 19.0. The normalized spacial score (nSPS) is 20.6. The summed E-state index contributed by atoms with van der Waals surface area (Å²) < 4.78 is 0. The van der Waals surface area contributed by atoms with Gasteiger partial charge in [-0.3, -0.25) is 0 Å². The van der Waals surface area contributed by atoms with Crippen LogP contribution in [0.1, 0.15) is 62.5 Å². The molecule has 2 aromatic rings. The molecule has 0 bridgehead atoms. The van der Waals surface area contributed by atoms with Crippen LogP contribution < -0.4 is 9.80 Å². The molecule has 0 spiro atoms. The van der Waals surface area contributed by atoms with Crippen molar-refractivity contribution in [1.82, 2.24) is 0 Å². The second-order valence-electron chi connectivity index (χ2n) is 11.1. The van der Waals surface area contributed by atoms with Gasteiger partial charge in [0.25, 0.3) is 0 Å². The Bertz CT molecular complexity index is 753. The van der Waals surface area contributed by atoms with Gasteiger partial charge >= 0.3 is 0 Å². The molecule has 164 valence electrons. The highest BCUT2D eigenvalue weighted by atomic mass is 15.1. The topological polar surface area (TPSA) is 6.48 Å². The van der Waals surface area contributed by atoms with Crippen LogP contribution in [0.5, 0.6) is 0 Å². The van der Waals surface area contributed by atoms with Crippen molar-refractivity contribution in [3.8, 4) is 0 Å². The maximum atomic E-state index is 2.67. The Morgan fingerprint density at radius 2 is 0.742 bits per heavy atom. The van der Waals surface area contributed by atoms with Crippen LogP contribution in [-0.4, -0.2) is 26.2 Å². The molecule has 4 fully saturated rings. The average molecular weight is 415 g/mol. The van der Waals surface area contributed by atoms with E-state index in [0.29, 0.717) is 0 Å². The Balaban J connectivity index is 1.08. The summed E-state index contributed by atoms with van der Waals surface area (Å²) in [4.78, 5) is 5.34. The van der Waals surface area contributed by atoms with Gasteiger partial charge in [-0.05, 0) is 117 Å². The fraction of sp³-hybridized carbons (Fsp3) is 0.586. The van der Waals surface area contributed by atoms with Crippen molar-refractivity contribution in [2.75, 3.05) is 36.0 Å². The molecule has 0 N–H and O–H groups in total. The molecule has 0 amide bonds. The Morgan fingerprint density at radius 3 is 1.00 bits per heavy atom. The minimum absolute atomic E-state index is 0.955. The molecular formula is C29H38N2. The SMILES string of the molecule is c1cc(N(CC2CC2)CC2CC2)ccc1Cc1ccc(N(CC2CC2)CC2CC2)cc1. The lowest BCUT2D eigenvalue weighted by molar-refractivity contribution is 0.679. The third kappa shape index (κ3) is 5.64. The lowest BCUT2D eigenvalue weighted by atomic mass is 10.0. The number of benzene rings is 2. The number of nitrogens with zero attached hydrogens (tertiary/aromatic N) is 2. The molecule has 6 rings (SSSR count). The van der Waals surface area contributed by atoms with Gasteiger partial charge in [-0.15, -0.1) is 0 Å². The number of hydrogen-bond donors (Lipinski definition) is 0. The predicted octanol–water partition coefficient (Wildman–Crippen LogP) is 6.53. The van der Waals surface area contributed by atoms with Crippen molar-refractivity contribution >= 4 is 11.4 Å². The van der Waals surface area contributed by atoms with Crippen LogP contribution in [0.4, 0.5) is 11.4 Å². The van der Waals surface area contributed by atoms with E-state index in [1.807, 2.05) is 0 Å². The summed E-state index contributed by atoms with van der Waals surface area (Å²) in [5, 5.41) is 0. The van der Waals surface area contributed by atoms with Crippen LogP contribution in [0.3, 0.4) is 0 Å². The van der Waals surface area contributed by atoms with Crippen LogP contribution >= 0.6 is 0 Å². The lowest BCUT2D eigenvalue weighted by Gasteiger charge is -2.25. The molecule has 0 saturated heterocycles. The first kappa shape index (κ1) is 19.7. The van der Waals surface area contributed by atoms with Crippen LogP contribution in [0.2, 0.25) is 0 Å². The van der Waals surface area contributed by atoms with Gasteiger partial charge in [-0.2, -0.15) is 0 Å². The summed E-state index contributed by atoms with van der Waals surface area (Å²) in [6.45, 7) is 5.09. The average Bonchev–Trinajstić information content (AvgIpc) is 3.63. The minimum atomic E-state index is 0.955. The molecule has 4 aliphatic rings. The fourth-order valence-electron chi connectivity index (χ4n) is 4.90. The van der Waals surface area contributed by atoms with Gasteiger partial charge in [0, 0.05) is 37.6 Å². The summed E-state index contributed by atoms with van der Waals surface area (Å²) >= 11 is 0. The van der Waals surface area contributed by atoms with E-state index < -0.39 is 0 Å². The second kappa shape index (κ2) is 8.52. The van der Waals surface area contributed by atoms with E-state index in [0.717, 1.165) is 30.1 Å². The summed E-state index contributed by atoms with van der Waals surface area (Å²) in [7, 11) is 0. The van der Waals surface area contributed by atoms with Gasteiger partial charge in [-0.25, -0.2) is 0 Å². The number of anilines is 2. The Hall–Kier alpha value is -1.96. The first-order chi connectivity index (χ1) is 15.3. The third-order valence-corrected chi connectivity index (χ3v) is 7.71. The molecule has 0 aliphatic heterocycles. The first-order valence-corrected chi connectivity index (χ1v) is 13.0. The van der Waals surface area contributed by atoms with Gasteiger partial charge in [0.15, 0.2) is 0 Å². The number of hydrogen-bond acceptors (Lipinski definition) is 2. The van der Waals surface area contributed by atoms with E-state index in [4.69, 9.17) is 0 Å². The summed E-state index contributed by atoms with van der Waals surface area (Å²) in [5.41, 5.74) is 5.74. The highest BCUT2D eigenvalue weighted by molar-refractivity contribution is 5.51. The van der Waals surface area contributed by atoms with Crippen molar-refractivity contribution in [2.45, 2.75) is 57.8 Å². The molecule has 2 aromatic carbocycles. The molecule has 4 saturated carbocycles. The van der Waals surface area contributed by atoms with Crippen molar-refractivity contribution in [1.29, 1.82) is 0 Å². The minimum Gasteiger partial charge on any atom is -0.371 e. The monoisotopic (exact) mass is 414 g/mol. The van der Waals surface area contributed by atoms with E-state index in [1.165, 1.54) is 100 Å². The largest absolute Gasteiger partial charge is 0.371 e. The summed E-state index contributed by atoms with van der Waals surface area (Å²) in [6.07, 6.45) is 12.5. The molecule has 0 heterocycles. The van der Waals surface area contributed by atoms with E-state index in [1.54, 1.807) is 0 Å². The highest BCUT2D eigenvalue weighted by Gasteiger charge is 2.30. The number of rotatable bonds is 12. The van der Waals surface area contributed by atoms with Gasteiger partial charge in [-0.1, -0.05) is 24.3 Å². The quantitative estimate of drug-likeness (QED) is 0.389. The Labute approximate surface area is 188 Å². The van der Waals surface area contributed by atoms with Crippen molar-refractivity contribution in [2.24, 2.45) is 23.7 Å². The first-order valence-electron chi connectivity index (χ1n) is 13.0. The van der Waals surface area contributed by atoms with E-state index in [9.17, 15) is 0 Å².